The van der Waals surface area contributed by atoms with Gasteiger partial charge in [-0.25, -0.2) is 0 Å². The molecule has 0 aliphatic heterocycles. The second kappa shape index (κ2) is 7.07. The quantitative estimate of drug-likeness (QED) is 0.697. The fraction of sp³-hybridized carbons (Fsp3) is 0.429. The molecule has 1 aliphatic rings. The maximum Gasteiger partial charge on any atom is 0.0830 e. The molecule has 0 bridgehead atoms. The maximum atomic E-state index is 5.98. The maximum absolute atomic E-state index is 5.98. The molecule has 0 spiro atoms. The lowest BCUT2D eigenvalue weighted by Crippen LogP contribution is -2.23. The molecule has 0 saturated carbocycles. The Morgan fingerprint density at radius 3 is 3.00 bits per heavy atom. The van der Waals surface area contributed by atoms with E-state index in [0.717, 1.165) is 19.3 Å². The zero-order chi connectivity index (χ0) is 11.8. The van der Waals surface area contributed by atoms with E-state index >= 15 is 0 Å². The van der Waals surface area contributed by atoms with Crippen LogP contribution >= 0.6 is 0 Å². The molecular weight excluding hydrogens is 198 g/mol. The Balaban J connectivity index is 2.55. The molecule has 0 aromatic carbocycles. The van der Waals surface area contributed by atoms with Crippen molar-refractivity contribution in [2.75, 3.05) is 0 Å². The number of allylic oxidation sites excluding steroid dienone is 1. The Hall–Kier alpha value is -1.28. The molecule has 88 valence electrons. The molecule has 1 aliphatic carbocycles. The van der Waals surface area contributed by atoms with Crippen LogP contribution in [0.5, 0.6) is 0 Å². The van der Waals surface area contributed by atoms with Crippen molar-refractivity contribution >= 4 is 0 Å². The highest BCUT2D eigenvalue weighted by Gasteiger charge is 2.18. The van der Waals surface area contributed by atoms with Crippen molar-refractivity contribution in [3.05, 3.63) is 49.2 Å². The summed E-state index contributed by atoms with van der Waals surface area (Å²) in [6.07, 6.45) is 13.7. The minimum absolute atomic E-state index is 0.0336. The molecule has 2 unspecified atom stereocenters. The lowest BCUT2D eigenvalue weighted by atomic mass is 9.96. The number of hydrogen-bond donors (Lipinski definition) is 1. The van der Waals surface area contributed by atoms with Crippen molar-refractivity contribution < 1.29 is 4.74 Å². The van der Waals surface area contributed by atoms with Gasteiger partial charge in [0.05, 0.1) is 12.2 Å². The Bertz CT molecular complexity index is 291. The van der Waals surface area contributed by atoms with Crippen molar-refractivity contribution in [1.29, 1.82) is 0 Å². The third kappa shape index (κ3) is 3.70. The van der Waals surface area contributed by atoms with E-state index in [-0.39, 0.29) is 12.2 Å². The SMILES string of the molecule is C=CC1=CCCCC1OC(C=C)C/C=C/N. The summed E-state index contributed by atoms with van der Waals surface area (Å²) in [7, 11) is 0. The molecule has 16 heavy (non-hydrogen) atoms. The van der Waals surface area contributed by atoms with Crippen LogP contribution in [0.25, 0.3) is 0 Å². The van der Waals surface area contributed by atoms with E-state index in [0.29, 0.717) is 0 Å². The summed E-state index contributed by atoms with van der Waals surface area (Å²) >= 11 is 0. The third-order valence-corrected chi connectivity index (χ3v) is 2.76. The van der Waals surface area contributed by atoms with Crippen LogP contribution in [-0.2, 0) is 4.74 Å². The number of ether oxygens (including phenoxy) is 1. The molecule has 0 aromatic rings. The molecule has 2 N–H and O–H groups in total. The van der Waals surface area contributed by atoms with E-state index in [2.05, 4.69) is 19.2 Å². The van der Waals surface area contributed by atoms with Crippen LogP contribution in [0.15, 0.2) is 49.2 Å². The summed E-state index contributed by atoms with van der Waals surface area (Å²) in [5, 5.41) is 0. The first-order valence-electron chi connectivity index (χ1n) is 5.79. The van der Waals surface area contributed by atoms with Crippen LogP contribution in [0.1, 0.15) is 25.7 Å². The Morgan fingerprint density at radius 1 is 1.56 bits per heavy atom. The Kier molecular flexibility index (Phi) is 5.65. The molecule has 1 rings (SSSR count). The second-order valence-corrected chi connectivity index (χ2v) is 3.90. The van der Waals surface area contributed by atoms with Crippen LogP contribution in [0.2, 0.25) is 0 Å². The molecule has 2 atom stereocenters. The van der Waals surface area contributed by atoms with E-state index in [1.807, 2.05) is 18.2 Å². The van der Waals surface area contributed by atoms with Crippen LogP contribution in [0.3, 0.4) is 0 Å². The van der Waals surface area contributed by atoms with Gasteiger partial charge in [-0.2, -0.15) is 0 Å². The molecule has 0 fully saturated rings. The van der Waals surface area contributed by atoms with Gasteiger partial charge in [0, 0.05) is 0 Å². The van der Waals surface area contributed by atoms with Gasteiger partial charge in [0.1, 0.15) is 0 Å². The van der Waals surface area contributed by atoms with Crippen molar-refractivity contribution in [2.24, 2.45) is 5.73 Å². The van der Waals surface area contributed by atoms with Crippen molar-refractivity contribution in [3.8, 4) is 0 Å². The average Bonchev–Trinajstić information content (AvgIpc) is 2.34. The Morgan fingerprint density at radius 2 is 2.38 bits per heavy atom. The molecule has 2 nitrogen and oxygen atoms in total. The summed E-state index contributed by atoms with van der Waals surface area (Å²) in [5.74, 6) is 0. The average molecular weight is 219 g/mol. The lowest BCUT2D eigenvalue weighted by molar-refractivity contribution is 0.0302. The Labute approximate surface area is 98.2 Å². The minimum atomic E-state index is 0.0336. The lowest BCUT2D eigenvalue weighted by Gasteiger charge is -2.26. The predicted molar refractivity (Wildman–Crippen MR) is 68.9 cm³/mol. The van der Waals surface area contributed by atoms with E-state index in [1.54, 1.807) is 6.20 Å². The zero-order valence-electron chi connectivity index (χ0n) is 9.77. The zero-order valence-corrected chi connectivity index (χ0v) is 9.77. The van der Waals surface area contributed by atoms with Gasteiger partial charge in [0.2, 0.25) is 0 Å². The van der Waals surface area contributed by atoms with Crippen molar-refractivity contribution in [2.45, 2.75) is 37.9 Å². The minimum Gasteiger partial charge on any atom is -0.405 e. The monoisotopic (exact) mass is 219 g/mol. The normalized spacial score (nSPS) is 22.8. The predicted octanol–water partition coefficient (Wildman–Crippen LogP) is 3.09. The molecule has 0 heterocycles. The first kappa shape index (κ1) is 12.8. The standard InChI is InChI=1S/C14H21NO/c1-3-12-8-5-6-10-14(12)16-13(4-2)9-7-11-15/h3-4,7-8,11,13-14H,1-2,5-6,9-10,15H2/b11-7+. The topological polar surface area (TPSA) is 35.2 Å². The summed E-state index contributed by atoms with van der Waals surface area (Å²) in [6.45, 7) is 7.61. The van der Waals surface area contributed by atoms with Gasteiger partial charge < -0.3 is 10.5 Å². The van der Waals surface area contributed by atoms with Gasteiger partial charge in [-0.15, -0.1) is 6.58 Å². The second-order valence-electron chi connectivity index (χ2n) is 3.90. The van der Waals surface area contributed by atoms with Gasteiger partial charge in [0.15, 0.2) is 0 Å². The van der Waals surface area contributed by atoms with Crippen LogP contribution < -0.4 is 5.73 Å². The van der Waals surface area contributed by atoms with E-state index in [9.17, 15) is 0 Å². The van der Waals surface area contributed by atoms with E-state index < -0.39 is 0 Å². The van der Waals surface area contributed by atoms with Gasteiger partial charge >= 0.3 is 0 Å². The van der Waals surface area contributed by atoms with E-state index in [4.69, 9.17) is 10.5 Å². The van der Waals surface area contributed by atoms with Gasteiger partial charge in [-0.1, -0.05) is 30.9 Å². The molecule has 0 amide bonds. The third-order valence-electron chi connectivity index (χ3n) is 2.76. The smallest absolute Gasteiger partial charge is 0.0830 e. The summed E-state index contributed by atoms with van der Waals surface area (Å²) in [5.41, 5.74) is 6.52. The molecular formula is C14H21NO. The number of hydrogen-bond acceptors (Lipinski definition) is 2. The number of nitrogens with two attached hydrogens (primary N) is 1. The highest BCUT2D eigenvalue weighted by molar-refractivity contribution is 5.23. The first-order chi connectivity index (χ1) is 7.81. The summed E-state index contributed by atoms with van der Waals surface area (Å²) in [6, 6.07) is 0. The molecule has 0 aromatic heterocycles. The largest absolute Gasteiger partial charge is 0.405 e. The molecule has 0 radical (unpaired) electrons. The first-order valence-corrected chi connectivity index (χ1v) is 5.79. The number of rotatable bonds is 6. The van der Waals surface area contributed by atoms with Crippen LogP contribution in [-0.4, -0.2) is 12.2 Å². The summed E-state index contributed by atoms with van der Waals surface area (Å²) < 4.78 is 5.98. The fourth-order valence-corrected chi connectivity index (χ4v) is 1.86. The highest BCUT2D eigenvalue weighted by atomic mass is 16.5. The molecule has 2 heteroatoms. The van der Waals surface area contributed by atoms with Gasteiger partial charge in [0.25, 0.3) is 0 Å². The van der Waals surface area contributed by atoms with Crippen molar-refractivity contribution in [3.63, 3.8) is 0 Å². The molecule has 0 saturated heterocycles. The van der Waals surface area contributed by atoms with Gasteiger partial charge in [-0.05, 0) is 37.5 Å². The summed E-state index contributed by atoms with van der Waals surface area (Å²) in [4.78, 5) is 0. The van der Waals surface area contributed by atoms with Crippen LogP contribution in [0.4, 0.5) is 0 Å². The van der Waals surface area contributed by atoms with Gasteiger partial charge in [-0.3, -0.25) is 0 Å². The fourth-order valence-electron chi connectivity index (χ4n) is 1.86. The van der Waals surface area contributed by atoms with E-state index in [1.165, 1.54) is 12.0 Å². The highest BCUT2D eigenvalue weighted by Crippen LogP contribution is 2.24. The van der Waals surface area contributed by atoms with Crippen molar-refractivity contribution in [1.82, 2.24) is 0 Å². The van der Waals surface area contributed by atoms with Crippen LogP contribution in [0, 0.1) is 0 Å².